The average Bonchev–Trinajstić information content (AvgIpc) is 3.01. The Labute approximate surface area is 92.2 Å². The van der Waals surface area contributed by atoms with E-state index in [0.717, 1.165) is 12.8 Å². The largest absolute Gasteiger partial charge is 0.435 e. The summed E-state index contributed by atoms with van der Waals surface area (Å²) in [6, 6.07) is 5.97. The summed E-state index contributed by atoms with van der Waals surface area (Å²) in [5.74, 6) is 0.533. The number of alkyl halides is 2. The molecule has 0 spiro atoms. The fourth-order valence-electron chi connectivity index (χ4n) is 1.55. The van der Waals surface area contributed by atoms with Crippen LogP contribution < -0.4 is 4.74 Å². The maximum atomic E-state index is 12.0. The van der Waals surface area contributed by atoms with E-state index in [2.05, 4.69) is 4.74 Å². The van der Waals surface area contributed by atoms with E-state index in [1.165, 1.54) is 12.1 Å². The van der Waals surface area contributed by atoms with Crippen molar-refractivity contribution < 1.29 is 18.3 Å². The lowest BCUT2D eigenvalue weighted by molar-refractivity contribution is -0.0498. The van der Waals surface area contributed by atoms with E-state index in [-0.39, 0.29) is 11.5 Å². The van der Waals surface area contributed by atoms with Crippen LogP contribution in [0.5, 0.6) is 5.75 Å². The molecular formula is C12H12F2O2. The third-order valence-corrected chi connectivity index (χ3v) is 2.55. The van der Waals surface area contributed by atoms with Gasteiger partial charge < -0.3 is 4.74 Å². The van der Waals surface area contributed by atoms with Gasteiger partial charge in [0.05, 0.1) is 0 Å². The first-order valence-electron chi connectivity index (χ1n) is 5.23. The first kappa shape index (κ1) is 11.0. The molecule has 86 valence electrons. The Bertz CT molecular complexity index is 386. The van der Waals surface area contributed by atoms with Crippen LogP contribution in [0.4, 0.5) is 8.78 Å². The Morgan fingerprint density at radius 2 is 2.19 bits per heavy atom. The van der Waals surface area contributed by atoms with Gasteiger partial charge in [-0.2, -0.15) is 8.78 Å². The lowest BCUT2D eigenvalue weighted by atomic mass is 10.1. The molecule has 1 aromatic rings. The van der Waals surface area contributed by atoms with Crippen molar-refractivity contribution in [1.82, 2.24) is 0 Å². The number of rotatable bonds is 5. The number of ketones is 1. The summed E-state index contributed by atoms with van der Waals surface area (Å²) in [4.78, 5) is 11.7. The Kier molecular flexibility index (Phi) is 3.17. The molecule has 1 fully saturated rings. The summed E-state index contributed by atoms with van der Waals surface area (Å²) >= 11 is 0. The zero-order chi connectivity index (χ0) is 11.5. The Hall–Kier alpha value is -1.45. The van der Waals surface area contributed by atoms with Gasteiger partial charge in [0, 0.05) is 12.0 Å². The second-order valence-corrected chi connectivity index (χ2v) is 3.98. The van der Waals surface area contributed by atoms with E-state index in [0.29, 0.717) is 17.9 Å². The molecule has 4 heteroatoms. The molecule has 0 heterocycles. The number of carbonyl (C=O) groups excluding carboxylic acids is 1. The molecule has 1 aliphatic rings. The van der Waals surface area contributed by atoms with Crippen LogP contribution >= 0.6 is 0 Å². The molecule has 0 atom stereocenters. The monoisotopic (exact) mass is 226 g/mol. The van der Waals surface area contributed by atoms with E-state index in [1.807, 2.05) is 0 Å². The van der Waals surface area contributed by atoms with Gasteiger partial charge in [0.2, 0.25) is 0 Å². The molecule has 2 rings (SSSR count). The third kappa shape index (κ3) is 3.02. The normalized spacial score (nSPS) is 15.2. The van der Waals surface area contributed by atoms with Crippen molar-refractivity contribution in [3.8, 4) is 5.75 Å². The molecule has 0 aliphatic heterocycles. The topological polar surface area (TPSA) is 26.3 Å². The Morgan fingerprint density at radius 1 is 1.44 bits per heavy atom. The van der Waals surface area contributed by atoms with E-state index in [1.54, 1.807) is 12.1 Å². The van der Waals surface area contributed by atoms with Gasteiger partial charge in [-0.1, -0.05) is 12.1 Å². The first-order valence-corrected chi connectivity index (χ1v) is 5.23. The average molecular weight is 226 g/mol. The van der Waals surface area contributed by atoms with Crippen LogP contribution in [0.2, 0.25) is 0 Å². The second-order valence-electron chi connectivity index (χ2n) is 3.98. The molecule has 0 aromatic heterocycles. The van der Waals surface area contributed by atoms with Gasteiger partial charge in [-0.15, -0.1) is 0 Å². The van der Waals surface area contributed by atoms with Crippen molar-refractivity contribution >= 4 is 5.78 Å². The van der Waals surface area contributed by atoms with Crippen molar-refractivity contribution in [2.75, 3.05) is 0 Å². The van der Waals surface area contributed by atoms with Gasteiger partial charge >= 0.3 is 6.61 Å². The highest BCUT2D eigenvalue weighted by molar-refractivity contribution is 5.96. The highest BCUT2D eigenvalue weighted by atomic mass is 19.3. The van der Waals surface area contributed by atoms with Gasteiger partial charge in [-0.3, -0.25) is 4.79 Å². The Morgan fingerprint density at radius 3 is 2.81 bits per heavy atom. The molecule has 0 bridgehead atoms. The van der Waals surface area contributed by atoms with Gasteiger partial charge in [0.1, 0.15) is 5.75 Å². The molecule has 2 nitrogen and oxygen atoms in total. The van der Waals surface area contributed by atoms with Crippen molar-refractivity contribution in [2.45, 2.75) is 25.9 Å². The van der Waals surface area contributed by atoms with E-state index < -0.39 is 6.61 Å². The third-order valence-electron chi connectivity index (χ3n) is 2.55. The van der Waals surface area contributed by atoms with E-state index >= 15 is 0 Å². The van der Waals surface area contributed by atoms with Crippen LogP contribution in [0.1, 0.15) is 29.6 Å². The summed E-state index contributed by atoms with van der Waals surface area (Å²) < 4.78 is 28.2. The summed E-state index contributed by atoms with van der Waals surface area (Å²) in [5, 5.41) is 0. The van der Waals surface area contributed by atoms with Crippen molar-refractivity contribution in [3.63, 3.8) is 0 Å². The molecule has 0 amide bonds. The lowest BCUT2D eigenvalue weighted by Crippen LogP contribution is -2.04. The zero-order valence-electron chi connectivity index (χ0n) is 8.66. The summed E-state index contributed by atoms with van der Waals surface area (Å²) in [6.45, 7) is -2.85. The van der Waals surface area contributed by atoms with Gasteiger partial charge in [0.15, 0.2) is 5.78 Å². The van der Waals surface area contributed by atoms with Crippen LogP contribution in [0.3, 0.4) is 0 Å². The number of benzene rings is 1. The fraction of sp³-hybridized carbons (Fsp3) is 0.417. The summed E-state index contributed by atoms with van der Waals surface area (Å²) in [6.07, 6.45) is 2.70. The van der Waals surface area contributed by atoms with Gasteiger partial charge in [-0.05, 0) is 30.9 Å². The quantitative estimate of drug-likeness (QED) is 0.720. The molecule has 16 heavy (non-hydrogen) atoms. The zero-order valence-corrected chi connectivity index (χ0v) is 8.66. The molecule has 1 saturated carbocycles. The maximum absolute atomic E-state index is 12.0. The van der Waals surface area contributed by atoms with Crippen LogP contribution in [-0.4, -0.2) is 12.4 Å². The number of hydrogen-bond donors (Lipinski definition) is 0. The molecule has 0 saturated heterocycles. The highest BCUT2D eigenvalue weighted by Crippen LogP contribution is 2.33. The minimum atomic E-state index is -2.85. The Balaban J connectivity index is 2.04. The maximum Gasteiger partial charge on any atom is 0.387 e. The molecule has 1 aliphatic carbocycles. The first-order chi connectivity index (χ1) is 7.65. The highest BCUT2D eigenvalue weighted by Gasteiger charge is 2.25. The van der Waals surface area contributed by atoms with Gasteiger partial charge in [0.25, 0.3) is 0 Å². The number of Topliss-reactive ketones (excluding diaryl/α,β-unsaturated/α-hetero) is 1. The smallest absolute Gasteiger partial charge is 0.387 e. The lowest BCUT2D eigenvalue weighted by Gasteiger charge is -2.05. The number of hydrogen-bond acceptors (Lipinski definition) is 2. The summed E-state index contributed by atoms with van der Waals surface area (Å²) in [5.41, 5.74) is 0.449. The number of halogens is 2. The van der Waals surface area contributed by atoms with Crippen LogP contribution in [0, 0.1) is 5.92 Å². The van der Waals surface area contributed by atoms with Crippen LogP contribution in [-0.2, 0) is 0 Å². The van der Waals surface area contributed by atoms with E-state index in [4.69, 9.17) is 0 Å². The molecule has 0 N–H and O–H groups in total. The second kappa shape index (κ2) is 4.60. The van der Waals surface area contributed by atoms with Crippen molar-refractivity contribution in [3.05, 3.63) is 29.8 Å². The standard InChI is InChI=1S/C12H12F2O2/c13-12(14)16-10-3-1-2-9(7-10)11(15)6-8-4-5-8/h1-3,7-8,12H,4-6H2. The van der Waals surface area contributed by atoms with E-state index in [9.17, 15) is 13.6 Å². The molecule has 1 aromatic carbocycles. The predicted molar refractivity (Wildman–Crippen MR) is 54.7 cm³/mol. The molecule has 0 radical (unpaired) electrons. The van der Waals surface area contributed by atoms with Crippen LogP contribution in [0.15, 0.2) is 24.3 Å². The molecular weight excluding hydrogens is 214 g/mol. The van der Waals surface area contributed by atoms with Crippen LogP contribution in [0.25, 0.3) is 0 Å². The SMILES string of the molecule is O=C(CC1CC1)c1cccc(OC(F)F)c1. The minimum Gasteiger partial charge on any atom is -0.435 e. The predicted octanol–water partition coefficient (Wildman–Crippen LogP) is 3.27. The molecule has 0 unspecified atom stereocenters. The summed E-state index contributed by atoms with van der Waals surface area (Å²) in [7, 11) is 0. The van der Waals surface area contributed by atoms with Crippen molar-refractivity contribution in [1.29, 1.82) is 0 Å². The number of ether oxygens (including phenoxy) is 1. The minimum absolute atomic E-state index is 0.00205. The van der Waals surface area contributed by atoms with Gasteiger partial charge in [-0.25, -0.2) is 0 Å². The number of carbonyl (C=O) groups is 1. The van der Waals surface area contributed by atoms with Crippen molar-refractivity contribution in [2.24, 2.45) is 5.92 Å². The fourth-order valence-corrected chi connectivity index (χ4v) is 1.55.